The second-order valence-electron chi connectivity index (χ2n) is 5.45. The molecule has 1 N–H and O–H groups in total. The number of rotatable bonds is 2. The molecule has 1 saturated heterocycles. The third-order valence-corrected chi connectivity index (χ3v) is 3.78. The highest BCUT2D eigenvalue weighted by Gasteiger charge is 2.37. The van der Waals surface area contributed by atoms with Crippen molar-refractivity contribution in [3.8, 4) is 0 Å². The Hall–Kier alpha value is -2.28. The van der Waals surface area contributed by atoms with Gasteiger partial charge in [-0.25, -0.2) is 13.8 Å². The maximum absolute atomic E-state index is 14.0. The minimum atomic E-state index is -0.777. The molecule has 2 aromatic rings. The molecule has 22 heavy (non-hydrogen) atoms. The highest BCUT2D eigenvalue weighted by Crippen LogP contribution is 2.34. The summed E-state index contributed by atoms with van der Waals surface area (Å²) in [5, 5.41) is 9.86. The summed E-state index contributed by atoms with van der Waals surface area (Å²) in [6.45, 7) is 0.0655. The van der Waals surface area contributed by atoms with Gasteiger partial charge in [-0.3, -0.25) is 4.79 Å². The normalized spacial score (nSPS) is 21.4. The second-order valence-corrected chi connectivity index (χ2v) is 5.45. The van der Waals surface area contributed by atoms with E-state index in [2.05, 4.69) is 4.98 Å². The number of aromatic nitrogens is 2. The lowest BCUT2D eigenvalue weighted by atomic mass is 10.0. The van der Waals surface area contributed by atoms with Gasteiger partial charge in [-0.15, -0.1) is 0 Å². The van der Waals surface area contributed by atoms with Crippen molar-refractivity contribution >= 4 is 5.91 Å². The van der Waals surface area contributed by atoms with Crippen LogP contribution in [0.3, 0.4) is 0 Å². The summed E-state index contributed by atoms with van der Waals surface area (Å²) in [5.41, 5.74) is 0.277. The lowest BCUT2D eigenvalue weighted by Crippen LogP contribution is -2.32. The smallest absolute Gasteiger partial charge is 0.274 e. The first-order valence-electron chi connectivity index (χ1n) is 6.87. The molecule has 2 heterocycles. The number of imidazole rings is 1. The minimum Gasteiger partial charge on any atom is -0.391 e. The first-order chi connectivity index (χ1) is 10.5. The van der Waals surface area contributed by atoms with Crippen molar-refractivity contribution in [2.45, 2.75) is 18.6 Å². The Morgan fingerprint density at radius 2 is 2.18 bits per heavy atom. The fourth-order valence-corrected chi connectivity index (χ4v) is 2.77. The average Bonchev–Trinajstić information content (AvgIpc) is 3.07. The molecule has 1 amide bonds. The van der Waals surface area contributed by atoms with Crippen LogP contribution in [0.25, 0.3) is 0 Å². The number of amides is 1. The molecule has 1 fully saturated rings. The number of halogens is 2. The van der Waals surface area contributed by atoms with E-state index in [0.29, 0.717) is 0 Å². The summed E-state index contributed by atoms with van der Waals surface area (Å²) in [7, 11) is 1.73. The topological polar surface area (TPSA) is 58.4 Å². The van der Waals surface area contributed by atoms with Crippen LogP contribution in [0.5, 0.6) is 0 Å². The highest BCUT2D eigenvalue weighted by molar-refractivity contribution is 5.92. The number of nitrogens with zero attached hydrogens (tertiary/aromatic N) is 3. The van der Waals surface area contributed by atoms with Gasteiger partial charge in [0.15, 0.2) is 0 Å². The van der Waals surface area contributed by atoms with E-state index in [1.807, 2.05) is 0 Å². The quantitative estimate of drug-likeness (QED) is 0.918. The second kappa shape index (κ2) is 5.49. The van der Waals surface area contributed by atoms with E-state index in [9.17, 15) is 18.7 Å². The number of hydrogen-bond acceptors (Lipinski definition) is 3. The summed E-state index contributed by atoms with van der Waals surface area (Å²) in [5.74, 6) is -1.59. The summed E-state index contributed by atoms with van der Waals surface area (Å²) in [4.78, 5) is 17.8. The van der Waals surface area contributed by atoms with Crippen LogP contribution in [0.2, 0.25) is 0 Å². The van der Waals surface area contributed by atoms with Crippen LogP contribution in [0, 0.1) is 11.6 Å². The predicted octanol–water partition coefficient (Wildman–Crippen LogP) is 1.65. The zero-order valence-electron chi connectivity index (χ0n) is 11.9. The van der Waals surface area contributed by atoms with Crippen molar-refractivity contribution in [3.05, 3.63) is 53.6 Å². The van der Waals surface area contributed by atoms with Crippen molar-refractivity contribution in [1.29, 1.82) is 0 Å². The van der Waals surface area contributed by atoms with Gasteiger partial charge < -0.3 is 14.6 Å². The summed E-state index contributed by atoms with van der Waals surface area (Å²) in [6.07, 6.45) is 2.42. The lowest BCUT2D eigenvalue weighted by Gasteiger charge is -2.24. The molecule has 1 aliphatic heterocycles. The Balaban J connectivity index is 1.95. The van der Waals surface area contributed by atoms with Crippen molar-refractivity contribution in [1.82, 2.24) is 14.5 Å². The number of carbonyl (C=O) groups excluding carboxylic acids is 1. The van der Waals surface area contributed by atoms with Crippen LogP contribution in [0.4, 0.5) is 8.78 Å². The Kier molecular flexibility index (Phi) is 3.66. The number of β-amino-alcohol motifs (C(OH)–C–C–N with tert-alkyl or cyclic N) is 1. The maximum atomic E-state index is 14.0. The molecule has 1 aliphatic rings. The fourth-order valence-electron chi connectivity index (χ4n) is 2.77. The summed E-state index contributed by atoms with van der Waals surface area (Å²) >= 11 is 0. The number of likely N-dealkylation sites (tertiary alicyclic amines) is 1. The summed E-state index contributed by atoms with van der Waals surface area (Å²) < 4.78 is 29.0. The van der Waals surface area contributed by atoms with Crippen molar-refractivity contribution in [2.24, 2.45) is 7.05 Å². The largest absolute Gasteiger partial charge is 0.391 e. The van der Waals surface area contributed by atoms with Crippen LogP contribution >= 0.6 is 0 Å². The van der Waals surface area contributed by atoms with E-state index in [1.165, 1.54) is 11.2 Å². The van der Waals surface area contributed by atoms with Gasteiger partial charge in [0.2, 0.25) is 0 Å². The Morgan fingerprint density at radius 1 is 1.41 bits per heavy atom. The van der Waals surface area contributed by atoms with E-state index >= 15 is 0 Å². The Bertz CT molecular complexity index is 717. The lowest BCUT2D eigenvalue weighted by molar-refractivity contribution is 0.0708. The van der Waals surface area contributed by atoms with Crippen molar-refractivity contribution < 1.29 is 18.7 Å². The van der Waals surface area contributed by atoms with Gasteiger partial charge in [-0.2, -0.15) is 0 Å². The molecule has 0 radical (unpaired) electrons. The fraction of sp³-hybridized carbons (Fsp3) is 0.333. The van der Waals surface area contributed by atoms with Crippen molar-refractivity contribution in [3.63, 3.8) is 0 Å². The minimum absolute atomic E-state index is 0.0655. The number of hydrogen-bond donors (Lipinski definition) is 1. The van der Waals surface area contributed by atoms with Gasteiger partial charge in [0.25, 0.3) is 5.91 Å². The number of aryl methyl sites for hydroxylation is 1. The zero-order chi connectivity index (χ0) is 15.9. The number of benzene rings is 1. The molecule has 1 aromatic heterocycles. The van der Waals surface area contributed by atoms with E-state index in [-0.39, 0.29) is 24.2 Å². The molecular weight excluding hydrogens is 292 g/mol. The SMILES string of the molecule is Cn1cnc(C(=O)N2C[C@@H](O)C[C@H]2c2cc(F)ccc2F)c1. The van der Waals surface area contributed by atoms with E-state index in [4.69, 9.17) is 0 Å². The monoisotopic (exact) mass is 307 g/mol. The van der Waals surface area contributed by atoms with E-state index in [0.717, 1.165) is 18.2 Å². The van der Waals surface area contributed by atoms with Gasteiger partial charge in [-0.1, -0.05) is 0 Å². The first-order valence-corrected chi connectivity index (χ1v) is 6.87. The number of aliphatic hydroxyl groups is 1. The third-order valence-electron chi connectivity index (χ3n) is 3.78. The molecule has 5 nitrogen and oxygen atoms in total. The van der Waals surface area contributed by atoms with Crippen LogP contribution < -0.4 is 0 Å². The van der Waals surface area contributed by atoms with E-state index < -0.39 is 29.7 Å². The molecule has 0 spiro atoms. The Morgan fingerprint density at radius 3 is 2.86 bits per heavy atom. The zero-order valence-corrected chi connectivity index (χ0v) is 11.9. The van der Waals surface area contributed by atoms with Gasteiger partial charge in [0.05, 0.1) is 18.5 Å². The van der Waals surface area contributed by atoms with Crippen LogP contribution in [0.1, 0.15) is 28.5 Å². The summed E-state index contributed by atoms with van der Waals surface area (Å²) in [6, 6.07) is 2.41. The van der Waals surface area contributed by atoms with Crippen LogP contribution in [-0.4, -0.2) is 38.1 Å². The molecule has 0 bridgehead atoms. The maximum Gasteiger partial charge on any atom is 0.274 e. The molecule has 2 atom stereocenters. The molecule has 1 aromatic carbocycles. The number of aliphatic hydroxyl groups excluding tert-OH is 1. The number of carbonyl (C=O) groups is 1. The van der Waals surface area contributed by atoms with Crippen molar-refractivity contribution in [2.75, 3.05) is 6.54 Å². The van der Waals surface area contributed by atoms with Crippen LogP contribution in [-0.2, 0) is 7.05 Å². The molecule has 0 saturated carbocycles. The molecular formula is C15H15F2N3O2. The van der Waals surface area contributed by atoms with Crippen LogP contribution in [0.15, 0.2) is 30.7 Å². The van der Waals surface area contributed by atoms with Gasteiger partial charge >= 0.3 is 0 Å². The van der Waals surface area contributed by atoms with E-state index in [1.54, 1.807) is 17.8 Å². The molecule has 116 valence electrons. The molecule has 3 rings (SSSR count). The Labute approximate surface area is 125 Å². The molecule has 0 unspecified atom stereocenters. The third kappa shape index (κ3) is 2.59. The molecule has 7 heteroatoms. The standard InChI is InChI=1S/C15H15F2N3O2/c1-19-7-13(18-8-19)15(22)20-6-10(21)5-14(20)11-4-9(16)2-3-12(11)17/h2-4,7-8,10,14,21H,5-6H2,1H3/t10-,14-/m0/s1. The van der Waals surface area contributed by atoms with Gasteiger partial charge in [0, 0.05) is 25.4 Å². The average molecular weight is 307 g/mol. The van der Waals surface area contributed by atoms with Gasteiger partial charge in [-0.05, 0) is 24.6 Å². The molecule has 0 aliphatic carbocycles. The predicted molar refractivity (Wildman–Crippen MR) is 74.0 cm³/mol. The highest BCUT2D eigenvalue weighted by atomic mass is 19.1. The van der Waals surface area contributed by atoms with Gasteiger partial charge in [0.1, 0.15) is 17.3 Å². The first kappa shape index (κ1) is 14.6.